The number of hydrogen-bond donors (Lipinski definition) is 1. The number of hydrogen-bond acceptors (Lipinski definition) is 2. The Morgan fingerprint density at radius 3 is 2.53 bits per heavy atom. The predicted octanol–water partition coefficient (Wildman–Crippen LogP) is 1.94. The summed E-state index contributed by atoms with van der Waals surface area (Å²) in [5.41, 5.74) is 1.02. The van der Waals surface area contributed by atoms with Gasteiger partial charge in [-0.3, -0.25) is 4.79 Å². The molecule has 0 spiro atoms. The van der Waals surface area contributed by atoms with Crippen LogP contribution in [0, 0.1) is 0 Å². The number of alkyl halides is 1. The molecule has 3 nitrogen and oxygen atoms in total. The van der Waals surface area contributed by atoms with Crippen LogP contribution in [0.1, 0.15) is 12.5 Å². The van der Waals surface area contributed by atoms with Gasteiger partial charge < -0.3 is 10.1 Å². The van der Waals surface area contributed by atoms with Crippen LogP contribution in [-0.4, -0.2) is 18.4 Å². The Hall–Kier alpha value is -1.22. The lowest BCUT2D eigenvalue weighted by Gasteiger charge is -2.07. The van der Waals surface area contributed by atoms with E-state index in [1.807, 2.05) is 24.3 Å². The number of rotatable bonds is 4. The molecule has 15 heavy (non-hydrogen) atoms. The molecular formula is C11H14ClNO2. The molecular weight excluding hydrogens is 214 g/mol. The van der Waals surface area contributed by atoms with E-state index in [0.29, 0.717) is 6.54 Å². The van der Waals surface area contributed by atoms with E-state index < -0.39 is 5.38 Å². The van der Waals surface area contributed by atoms with Crippen molar-refractivity contribution in [3.8, 4) is 5.75 Å². The minimum absolute atomic E-state index is 0.160. The second-order valence-electron chi connectivity index (χ2n) is 3.18. The molecule has 1 aromatic carbocycles. The van der Waals surface area contributed by atoms with Gasteiger partial charge in [-0.2, -0.15) is 0 Å². The number of carbonyl (C=O) groups is 1. The highest BCUT2D eigenvalue weighted by molar-refractivity contribution is 6.30. The zero-order valence-corrected chi connectivity index (χ0v) is 9.54. The summed E-state index contributed by atoms with van der Waals surface area (Å²) in [4.78, 5) is 11.2. The molecule has 1 unspecified atom stereocenters. The van der Waals surface area contributed by atoms with Gasteiger partial charge in [-0.15, -0.1) is 11.6 Å². The van der Waals surface area contributed by atoms with Crippen molar-refractivity contribution in [3.05, 3.63) is 29.8 Å². The second-order valence-corrected chi connectivity index (χ2v) is 3.84. The van der Waals surface area contributed by atoms with Crippen LogP contribution in [-0.2, 0) is 11.3 Å². The highest BCUT2D eigenvalue weighted by Gasteiger charge is 2.07. The Morgan fingerprint density at radius 1 is 1.47 bits per heavy atom. The second kappa shape index (κ2) is 5.61. The molecule has 1 rings (SSSR count). The molecule has 0 saturated carbocycles. The van der Waals surface area contributed by atoms with E-state index in [-0.39, 0.29) is 5.91 Å². The SMILES string of the molecule is COc1ccc(CNC(=O)C(C)Cl)cc1. The molecule has 1 atom stereocenters. The lowest BCUT2D eigenvalue weighted by molar-refractivity contribution is -0.120. The number of benzene rings is 1. The molecule has 0 saturated heterocycles. The molecule has 0 heterocycles. The Morgan fingerprint density at radius 2 is 2.07 bits per heavy atom. The maximum atomic E-state index is 11.2. The molecule has 0 aliphatic carbocycles. The van der Waals surface area contributed by atoms with E-state index in [4.69, 9.17) is 16.3 Å². The number of nitrogens with one attached hydrogen (secondary N) is 1. The first-order valence-electron chi connectivity index (χ1n) is 4.68. The molecule has 0 aliphatic heterocycles. The van der Waals surface area contributed by atoms with Gasteiger partial charge in [-0.25, -0.2) is 0 Å². The fourth-order valence-electron chi connectivity index (χ4n) is 1.07. The van der Waals surface area contributed by atoms with Gasteiger partial charge in [0, 0.05) is 6.54 Å². The first-order valence-corrected chi connectivity index (χ1v) is 5.12. The summed E-state index contributed by atoms with van der Waals surface area (Å²) >= 11 is 5.61. The van der Waals surface area contributed by atoms with Crippen molar-refractivity contribution in [2.75, 3.05) is 7.11 Å². The van der Waals surface area contributed by atoms with E-state index in [1.165, 1.54) is 0 Å². The normalized spacial score (nSPS) is 11.9. The summed E-state index contributed by atoms with van der Waals surface area (Å²) in [6.45, 7) is 2.13. The van der Waals surface area contributed by atoms with Crippen molar-refractivity contribution in [3.63, 3.8) is 0 Å². The third-order valence-electron chi connectivity index (χ3n) is 1.99. The third-order valence-corrected chi connectivity index (χ3v) is 2.19. The largest absolute Gasteiger partial charge is 0.497 e. The fraction of sp³-hybridized carbons (Fsp3) is 0.364. The monoisotopic (exact) mass is 227 g/mol. The van der Waals surface area contributed by atoms with Gasteiger partial charge in [-0.05, 0) is 24.6 Å². The predicted molar refractivity (Wildman–Crippen MR) is 60.2 cm³/mol. The molecule has 0 aromatic heterocycles. The maximum absolute atomic E-state index is 11.2. The Labute approximate surface area is 94.4 Å². The van der Waals surface area contributed by atoms with Gasteiger partial charge in [0.2, 0.25) is 5.91 Å². The number of halogens is 1. The smallest absolute Gasteiger partial charge is 0.238 e. The van der Waals surface area contributed by atoms with Crippen molar-refractivity contribution in [1.29, 1.82) is 0 Å². The molecule has 0 radical (unpaired) electrons. The molecule has 0 aliphatic rings. The Balaban J connectivity index is 2.47. The number of carbonyl (C=O) groups excluding carboxylic acids is 1. The van der Waals surface area contributed by atoms with Crippen LogP contribution < -0.4 is 10.1 Å². The highest BCUT2D eigenvalue weighted by atomic mass is 35.5. The van der Waals surface area contributed by atoms with Crippen molar-refractivity contribution in [2.45, 2.75) is 18.8 Å². The van der Waals surface area contributed by atoms with Gasteiger partial charge in [0.05, 0.1) is 7.11 Å². The van der Waals surface area contributed by atoms with E-state index in [2.05, 4.69) is 5.32 Å². The van der Waals surface area contributed by atoms with Crippen molar-refractivity contribution in [1.82, 2.24) is 5.32 Å². The maximum Gasteiger partial charge on any atom is 0.238 e. The average Bonchev–Trinajstić information content (AvgIpc) is 2.26. The first-order chi connectivity index (χ1) is 7.13. The van der Waals surface area contributed by atoms with Crippen molar-refractivity contribution >= 4 is 17.5 Å². The summed E-state index contributed by atoms with van der Waals surface area (Å²) in [5.74, 6) is 0.642. The number of methoxy groups -OCH3 is 1. The quantitative estimate of drug-likeness (QED) is 0.799. The summed E-state index contributed by atoms with van der Waals surface area (Å²) in [6.07, 6.45) is 0. The van der Waals surface area contributed by atoms with Crippen molar-refractivity contribution < 1.29 is 9.53 Å². The highest BCUT2D eigenvalue weighted by Crippen LogP contribution is 2.10. The van der Waals surface area contributed by atoms with Gasteiger partial charge in [0.25, 0.3) is 0 Å². The lowest BCUT2D eigenvalue weighted by atomic mass is 10.2. The fourth-order valence-corrected chi connectivity index (χ4v) is 1.15. The van der Waals surface area contributed by atoms with Gasteiger partial charge in [-0.1, -0.05) is 12.1 Å². The zero-order valence-electron chi connectivity index (χ0n) is 8.79. The molecule has 4 heteroatoms. The van der Waals surface area contributed by atoms with Crippen molar-refractivity contribution in [2.24, 2.45) is 0 Å². The van der Waals surface area contributed by atoms with Crippen LogP contribution in [0.25, 0.3) is 0 Å². The Kier molecular flexibility index (Phi) is 4.43. The molecule has 1 amide bonds. The van der Waals surface area contributed by atoms with Crippen LogP contribution >= 0.6 is 11.6 Å². The van der Waals surface area contributed by atoms with Gasteiger partial charge in [0.15, 0.2) is 0 Å². The van der Waals surface area contributed by atoms with Crippen LogP contribution in [0.5, 0.6) is 5.75 Å². The van der Waals surface area contributed by atoms with Gasteiger partial charge >= 0.3 is 0 Å². The molecule has 1 aromatic rings. The molecule has 1 N–H and O–H groups in total. The van der Waals surface area contributed by atoms with E-state index in [9.17, 15) is 4.79 Å². The summed E-state index contributed by atoms with van der Waals surface area (Å²) in [6, 6.07) is 7.51. The standard InChI is InChI=1S/C11H14ClNO2/c1-8(12)11(14)13-7-9-3-5-10(15-2)6-4-9/h3-6,8H,7H2,1-2H3,(H,13,14). The lowest BCUT2D eigenvalue weighted by Crippen LogP contribution is -2.28. The third kappa shape index (κ3) is 3.80. The summed E-state index contributed by atoms with van der Waals surface area (Å²) in [5, 5.41) is 2.23. The zero-order chi connectivity index (χ0) is 11.3. The van der Waals surface area contributed by atoms with Crippen LogP contribution in [0.15, 0.2) is 24.3 Å². The van der Waals surface area contributed by atoms with Gasteiger partial charge in [0.1, 0.15) is 11.1 Å². The van der Waals surface area contributed by atoms with E-state index in [1.54, 1.807) is 14.0 Å². The number of ether oxygens (including phenoxy) is 1. The van der Waals surface area contributed by atoms with Crippen LogP contribution in [0.3, 0.4) is 0 Å². The van der Waals surface area contributed by atoms with Crippen LogP contribution in [0.4, 0.5) is 0 Å². The molecule has 0 bridgehead atoms. The van der Waals surface area contributed by atoms with E-state index in [0.717, 1.165) is 11.3 Å². The topological polar surface area (TPSA) is 38.3 Å². The summed E-state index contributed by atoms with van der Waals surface area (Å²) < 4.78 is 5.02. The first kappa shape index (κ1) is 11.9. The summed E-state index contributed by atoms with van der Waals surface area (Å²) in [7, 11) is 1.62. The number of amides is 1. The minimum Gasteiger partial charge on any atom is -0.497 e. The van der Waals surface area contributed by atoms with Crippen LogP contribution in [0.2, 0.25) is 0 Å². The molecule has 0 fully saturated rings. The van der Waals surface area contributed by atoms with E-state index >= 15 is 0 Å². The average molecular weight is 228 g/mol. The minimum atomic E-state index is -0.497. The Bertz CT molecular complexity index is 322. The molecule has 82 valence electrons.